The third-order valence-corrected chi connectivity index (χ3v) is 4.80. The molecule has 1 unspecified atom stereocenters. The largest absolute Gasteiger partial charge is 0.341 e. The second-order valence-electron chi connectivity index (χ2n) is 6.66. The van der Waals surface area contributed by atoms with Crippen molar-refractivity contribution in [1.29, 1.82) is 0 Å². The summed E-state index contributed by atoms with van der Waals surface area (Å²) in [4.78, 5) is 38.1. The Hall–Kier alpha value is -3.35. The summed E-state index contributed by atoms with van der Waals surface area (Å²) in [6.45, 7) is 2.42. The van der Waals surface area contributed by atoms with Crippen LogP contribution in [0.1, 0.15) is 18.9 Å². The molecule has 7 nitrogen and oxygen atoms in total. The van der Waals surface area contributed by atoms with Crippen LogP contribution in [0, 0.1) is 5.92 Å². The molecule has 0 radical (unpaired) electrons. The van der Waals surface area contributed by atoms with Crippen molar-refractivity contribution in [3.8, 4) is 0 Å². The molecule has 1 aliphatic rings. The van der Waals surface area contributed by atoms with Crippen LogP contribution in [0.4, 0.5) is 21.9 Å². The van der Waals surface area contributed by atoms with Gasteiger partial charge in [-0.05, 0) is 42.3 Å². The molecule has 0 aromatic heterocycles. The van der Waals surface area contributed by atoms with E-state index in [1.165, 1.54) is 7.05 Å². The van der Waals surface area contributed by atoms with Crippen molar-refractivity contribution in [1.82, 2.24) is 5.32 Å². The average Bonchev–Trinajstić information content (AvgIpc) is 3.11. The van der Waals surface area contributed by atoms with Gasteiger partial charge >= 0.3 is 6.03 Å². The molecule has 28 heavy (non-hydrogen) atoms. The van der Waals surface area contributed by atoms with Crippen molar-refractivity contribution >= 4 is 34.9 Å². The Kier molecular flexibility index (Phi) is 5.93. The van der Waals surface area contributed by atoms with Crippen LogP contribution in [0.15, 0.2) is 48.5 Å². The molecule has 1 aliphatic heterocycles. The maximum Gasteiger partial charge on any atom is 0.318 e. The minimum atomic E-state index is -0.402. The summed E-state index contributed by atoms with van der Waals surface area (Å²) in [5.74, 6) is -0.621. The van der Waals surface area contributed by atoms with Crippen LogP contribution >= 0.6 is 0 Å². The summed E-state index contributed by atoms with van der Waals surface area (Å²) < 4.78 is 0. The van der Waals surface area contributed by atoms with Gasteiger partial charge in [0, 0.05) is 37.1 Å². The van der Waals surface area contributed by atoms with Crippen molar-refractivity contribution < 1.29 is 14.4 Å². The topological polar surface area (TPSA) is 90.5 Å². The van der Waals surface area contributed by atoms with Crippen LogP contribution < -0.4 is 20.9 Å². The Morgan fingerprint density at radius 3 is 2.32 bits per heavy atom. The first-order valence-electron chi connectivity index (χ1n) is 9.29. The maximum absolute atomic E-state index is 12.6. The number of nitrogens with zero attached hydrogens (tertiary/aromatic N) is 1. The first kappa shape index (κ1) is 19.4. The van der Waals surface area contributed by atoms with E-state index in [4.69, 9.17) is 0 Å². The normalized spacial score (nSPS) is 16.0. The molecular formula is C21H24N4O3. The zero-order valence-electron chi connectivity index (χ0n) is 16.0. The lowest BCUT2D eigenvalue weighted by Gasteiger charge is -2.20. The second-order valence-corrected chi connectivity index (χ2v) is 6.66. The van der Waals surface area contributed by atoms with Crippen molar-refractivity contribution in [3.05, 3.63) is 54.1 Å². The molecule has 3 N–H and O–H groups in total. The van der Waals surface area contributed by atoms with E-state index < -0.39 is 5.92 Å². The molecule has 0 bridgehead atoms. The van der Waals surface area contributed by atoms with Gasteiger partial charge in [0.2, 0.25) is 11.8 Å². The number of amides is 4. The molecule has 146 valence electrons. The summed E-state index contributed by atoms with van der Waals surface area (Å²) in [7, 11) is 1.54. The number of benzene rings is 2. The average molecular weight is 380 g/mol. The molecule has 0 saturated carbocycles. The van der Waals surface area contributed by atoms with Crippen LogP contribution in [-0.2, 0) is 16.0 Å². The van der Waals surface area contributed by atoms with Crippen LogP contribution in [0.25, 0.3) is 0 Å². The molecule has 0 aliphatic carbocycles. The first-order valence-corrected chi connectivity index (χ1v) is 9.29. The Balaban J connectivity index is 1.64. The standard InChI is InChI=1S/C21H24N4O3/c1-3-14-6-4-5-7-18(14)25-13-15(12-19(25)26)20(27)23-16-8-10-17(11-9-16)24-21(28)22-2/h4-11,15H,3,12-13H2,1-2H3,(H,23,27)(H2,22,24,28). The Bertz CT molecular complexity index is 879. The smallest absolute Gasteiger partial charge is 0.318 e. The van der Waals surface area contributed by atoms with Crippen LogP contribution in [0.2, 0.25) is 0 Å². The Labute approximate surface area is 164 Å². The fourth-order valence-electron chi connectivity index (χ4n) is 3.26. The van der Waals surface area contributed by atoms with Gasteiger partial charge in [0.15, 0.2) is 0 Å². The molecule has 1 saturated heterocycles. The van der Waals surface area contributed by atoms with Gasteiger partial charge in [-0.25, -0.2) is 4.79 Å². The van der Waals surface area contributed by atoms with Gasteiger partial charge < -0.3 is 20.9 Å². The Morgan fingerprint density at radius 2 is 1.68 bits per heavy atom. The predicted octanol–water partition coefficient (Wildman–Crippen LogP) is 2.99. The maximum atomic E-state index is 12.6. The number of hydrogen-bond donors (Lipinski definition) is 3. The number of aryl methyl sites for hydroxylation is 1. The number of rotatable bonds is 5. The Morgan fingerprint density at radius 1 is 1.04 bits per heavy atom. The van der Waals surface area contributed by atoms with Gasteiger partial charge in [-0.3, -0.25) is 9.59 Å². The lowest BCUT2D eigenvalue weighted by Crippen LogP contribution is -2.28. The zero-order chi connectivity index (χ0) is 20.1. The third kappa shape index (κ3) is 4.31. The molecule has 1 heterocycles. The SMILES string of the molecule is CCc1ccccc1N1CC(C(=O)Nc2ccc(NC(=O)NC)cc2)CC1=O. The van der Waals surface area contributed by atoms with Gasteiger partial charge in [-0.15, -0.1) is 0 Å². The highest BCUT2D eigenvalue weighted by molar-refractivity contribution is 6.04. The highest BCUT2D eigenvalue weighted by Gasteiger charge is 2.35. The number of anilines is 3. The molecule has 4 amide bonds. The van der Waals surface area contributed by atoms with E-state index in [2.05, 4.69) is 16.0 Å². The van der Waals surface area contributed by atoms with Crippen molar-refractivity contribution in [3.63, 3.8) is 0 Å². The molecule has 0 spiro atoms. The van der Waals surface area contributed by atoms with Crippen molar-refractivity contribution in [2.24, 2.45) is 5.92 Å². The van der Waals surface area contributed by atoms with E-state index in [0.29, 0.717) is 17.9 Å². The quantitative estimate of drug-likeness (QED) is 0.745. The second kappa shape index (κ2) is 8.56. The summed E-state index contributed by atoms with van der Waals surface area (Å²) in [5, 5.41) is 7.98. The van der Waals surface area contributed by atoms with Crippen LogP contribution in [0.3, 0.4) is 0 Å². The highest BCUT2D eigenvalue weighted by atomic mass is 16.2. The minimum absolute atomic E-state index is 0.0359. The highest BCUT2D eigenvalue weighted by Crippen LogP contribution is 2.29. The lowest BCUT2D eigenvalue weighted by atomic mass is 10.1. The van der Waals surface area contributed by atoms with E-state index in [1.807, 2.05) is 31.2 Å². The van der Waals surface area contributed by atoms with E-state index in [0.717, 1.165) is 17.7 Å². The molecule has 1 atom stereocenters. The van der Waals surface area contributed by atoms with Gasteiger partial charge in [-0.1, -0.05) is 25.1 Å². The zero-order valence-corrected chi connectivity index (χ0v) is 16.0. The van der Waals surface area contributed by atoms with Gasteiger partial charge in [-0.2, -0.15) is 0 Å². The fraction of sp³-hybridized carbons (Fsp3) is 0.286. The molecule has 2 aromatic rings. The number of nitrogens with one attached hydrogen (secondary N) is 3. The molecule has 7 heteroatoms. The number of carbonyl (C=O) groups excluding carboxylic acids is 3. The van der Waals surface area contributed by atoms with Crippen molar-refractivity contribution in [2.45, 2.75) is 19.8 Å². The van der Waals surface area contributed by atoms with E-state index >= 15 is 0 Å². The number of carbonyl (C=O) groups is 3. The first-order chi connectivity index (χ1) is 13.5. The van der Waals surface area contributed by atoms with Crippen LogP contribution in [0.5, 0.6) is 0 Å². The van der Waals surface area contributed by atoms with E-state index in [9.17, 15) is 14.4 Å². The lowest BCUT2D eigenvalue weighted by molar-refractivity contribution is -0.122. The van der Waals surface area contributed by atoms with Gasteiger partial charge in [0.05, 0.1) is 5.92 Å². The van der Waals surface area contributed by atoms with Gasteiger partial charge in [0.1, 0.15) is 0 Å². The summed E-state index contributed by atoms with van der Waals surface area (Å²) in [5.41, 5.74) is 3.22. The number of hydrogen-bond acceptors (Lipinski definition) is 3. The van der Waals surface area contributed by atoms with Crippen molar-refractivity contribution in [2.75, 3.05) is 29.1 Å². The summed E-state index contributed by atoms with van der Waals surface area (Å²) in [6.07, 6.45) is 1.02. The molecular weight excluding hydrogens is 356 g/mol. The predicted molar refractivity (Wildman–Crippen MR) is 109 cm³/mol. The van der Waals surface area contributed by atoms with Crippen LogP contribution in [-0.4, -0.2) is 31.4 Å². The monoisotopic (exact) mass is 380 g/mol. The fourth-order valence-corrected chi connectivity index (χ4v) is 3.26. The van der Waals surface area contributed by atoms with E-state index in [-0.39, 0.29) is 24.3 Å². The summed E-state index contributed by atoms with van der Waals surface area (Å²) in [6, 6.07) is 14.3. The number of urea groups is 1. The molecule has 2 aromatic carbocycles. The summed E-state index contributed by atoms with van der Waals surface area (Å²) >= 11 is 0. The minimum Gasteiger partial charge on any atom is -0.341 e. The molecule has 3 rings (SSSR count). The molecule has 1 fully saturated rings. The van der Waals surface area contributed by atoms with E-state index in [1.54, 1.807) is 29.2 Å². The third-order valence-electron chi connectivity index (χ3n) is 4.80. The van der Waals surface area contributed by atoms with Gasteiger partial charge in [0.25, 0.3) is 0 Å². The number of para-hydroxylation sites is 1.